The minimum Gasteiger partial charge on any atom is -0.369 e. The minimum atomic E-state index is 0.204. The Morgan fingerprint density at radius 2 is 2.33 bits per heavy atom. The number of nitrogens with zero attached hydrogens (tertiary/aromatic N) is 3. The highest BCUT2D eigenvalue weighted by molar-refractivity contribution is 5.77. The molecule has 0 bridgehead atoms. The predicted molar refractivity (Wildman–Crippen MR) is 82.3 cm³/mol. The Morgan fingerprint density at radius 3 is 3.19 bits per heavy atom. The Morgan fingerprint density at radius 1 is 1.43 bits per heavy atom. The first-order valence-corrected chi connectivity index (χ1v) is 7.86. The molecule has 2 atom stereocenters. The molecule has 1 aromatic rings. The van der Waals surface area contributed by atoms with Crippen molar-refractivity contribution in [3.63, 3.8) is 0 Å². The van der Waals surface area contributed by atoms with Crippen molar-refractivity contribution in [2.24, 2.45) is 5.92 Å². The zero-order valence-corrected chi connectivity index (χ0v) is 12.5. The molecule has 2 saturated heterocycles. The SMILES string of the molecule is CCCNc1cncc(N2CCC3NC(=O)CCC3C2)n1. The van der Waals surface area contributed by atoms with Crippen LogP contribution in [-0.4, -0.2) is 41.6 Å². The molecule has 0 aromatic carbocycles. The lowest BCUT2D eigenvalue weighted by atomic mass is 9.85. The molecule has 0 spiro atoms. The first-order valence-electron chi connectivity index (χ1n) is 7.86. The zero-order valence-electron chi connectivity index (χ0n) is 12.5. The van der Waals surface area contributed by atoms with Crippen molar-refractivity contribution in [2.45, 2.75) is 38.6 Å². The standard InChI is InChI=1S/C15H23N5O/c1-2-6-17-13-8-16-9-14(19-13)20-7-5-12-11(10-20)3-4-15(21)18-12/h8-9,11-12H,2-7,10H2,1H3,(H,17,19)(H,18,21). The van der Waals surface area contributed by atoms with E-state index in [1.165, 1.54) is 0 Å². The number of rotatable bonds is 4. The first kappa shape index (κ1) is 14.1. The number of carbonyl (C=O) groups is 1. The molecule has 2 N–H and O–H groups in total. The molecule has 1 aromatic heterocycles. The van der Waals surface area contributed by atoms with Gasteiger partial charge in [-0.25, -0.2) is 4.98 Å². The van der Waals surface area contributed by atoms with Gasteiger partial charge in [-0.3, -0.25) is 9.78 Å². The molecule has 6 nitrogen and oxygen atoms in total. The monoisotopic (exact) mass is 289 g/mol. The van der Waals surface area contributed by atoms with Gasteiger partial charge in [0.05, 0.1) is 12.4 Å². The van der Waals surface area contributed by atoms with Gasteiger partial charge in [-0.05, 0) is 25.2 Å². The molecule has 2 aliphatic rings. The van der Waals surface area contributed by atoms with Crippen LogP contribution < -0.4 is 15.5 Å². The Hall–Kier alpha value is -1.85. The van der Waals surface area contributed by atoms with Gasteiger partial charge in [-0.15, -0.1) is 0 Å². The van der Waals surface area contributed by atoms with E-state index in [9.17, 15) is 4.79 Å². The molecular formula is C15H23N5O. The molecule has 114 valence electrons. The van der Waals surface area contributed by atoms with Gasteiger partial charge in [-0.2, -0.15) is 0 Å². The number of nitrogens with one attached hydrogen (secondary N) is 2. The highest BCUT2D eigenvalue weighted by atomic mass is 16.1. The van der Waals surface area contributed by atoms with E-state index in [2.05, 4.69) is 32.4 Å². The number of aromatic nitrogens is 2. The van der Waals surface area contributed by atoms with Crippen molar-refractivity contribution in [1.82, 2.24) is 15.3 Å². The highest BCUT2D eigenvalue weighted by Gasteiger charge is 2.34. The van der Waals surface area contributed by atoms with E-state index >= 15 is 0 Å². The molecular weight excluding hydrogens is 266 g/mol. The third-order valence-corrected chi connectivity index (χ3v) is 4.32. The van der Waals surface area contributed by atoms with Crippen molar-refractivity contribution in [1.29, 1.82) is 0 Å². The van der Waals surface area contributed by atoms with Crippen LogP contribution in [0.2, 0.25) is 0 Å². The van der Waals surface area contributed by atoms with E-state index in [1.807, 2.05) is 6.20 Å². The van der Waals surface area contributed by atoms with Gasteiger partial charge in [0.2, 0.25) is 5.91 Å². The fraction of sp³-hybridized carbons (Fsp3) is 0.667. The average Bonchev–Trinajstić information content (AvgIpc) is 2.52. The molecule has 0 saturated carbocycles. The van der Waals surface area contributed by atoms with Crippen LogP contribution in [-0.2, 0) is 4.79 Å². The summed E-state index contributed by atoms with van der Waals surface area (Å²) in [7, 11) is 0. The third-order valence-electron chi connectivity index (χ3n) is 4.32. The molecule has 1 amide bonds. The van der Waals surface area contributed by atoms with Gasteiger partial charge in [0.25, 0.3) is 0 Å². The molecule has 2 unspecified atom stereocenters. The summed E-state index contributed by atoms with van der Waals surface area (Å²) in [5, 5.41) is 6.39. The van der Waals surface area contributed by atoms with E-state index in [-0.39, 0.29) is 5.91 Å². The third kappa shape index (κ3) is 3.25. The highest BCUT2D eigenvalue weighted by Crippen LogP contribution is 2.27. The van der Waals surface area contributed by atoms with Crippen molar-refractivity contribution >= 4 is 17.5 Å². The van der Waals surface area contributed by atoms with Gasteiger partial charge in [-0.1, -0.05) is 6.92 Å². The number of amides is 1. The summed E-state index contributed by atoms with van der Waals surface area (Å²) in [4.78, 5) is 22.7. The molecule has 3 heterocycles. The Balaban J connectivity index is 1.66. The number of hydrogen-bond donors (Lipinski definition) is 2. The van der Waals surface area contributed by atoms with Crippen molar-refractivity contribution in [3.8, 4) is 0 Å². The molecule has 6 heteroatoms. The van der Waals surface area contributed by atoms with Crippen molar-refractivity contribution < 1.29 is 4.79 Å². The summed E-state index contributed by atoms with van der Waals surface area (Å²) >= 11 is 0. The molecule has 0 radical (unpaired) electrons. The van der Waals surface area contributed by atoms with Crippen LogP contribution in [0, 0.1) is 5.92 Å². The lowest BCUT2D eigenvalue weighted by Gasteiger charge is -2.41. The van der Waals surface area contributed by atoms with Crippen LogP contribution in [0.15, 0.2) is 12.4 Å². The van der Waals surface area contributed by atoms with E-state index in [1.54, 1.807) is 6.20 Å². The normalized spacial score (nSPS) is 25.2. The van der Waals surface area contributed by atoms with Crippen LogP contribution in [0.5, 0.6) is 0 Å². The maximum atomic E-state index is 11.5. The number of fused-ring (bicyclic) bond motifs is 1. The minimum absolute atomic E-state index is 0.204. The van der Waals surface area contributed by atoms with E-state index < -0.39 is 0 Å². The number of piperidine rings is 2. The van der Waals surface area contributed by atoms with Crippen LogP contribution in [0.4, 0.5) is 11.6 Å². The predicted octanol–water partition coefficient (Wildman–Crippen LogP) is 1.40. The van der Waals surface area contributed by atoms with Crippen molar-refractivity contribution in [2.75, 3.05) is 29.9 Å². The fourth-order valence-corrected chi connectivity index (χ4v) is 3.16. The van der Waals surface area contributed by atoms with E-state index in [4.69, 9.17) is 0 Å². The van der Waals surface area contributed by atoms with Gasteiger partial charge in [0.15, 0.2) is 0 Å². The quantitative estimate of drug-likeness (QED) is 0.877. The smallest absolute Gasteiger partial charge is 0.220 e. The van der Waals surface area contributed by atoms with Crippen molar-refractivity contribution in [3.05, 3.63) is 12.4 Å². The molecule has 3 rings (SSSR count). The molecule has 2 fully saturated rings. The second-order valence-corrected chi connectivity index (χ2v) is 5.90. The first-order chi connectivity index (χ1) is 10.3. The lowest BCUT2D eigenvalue weighted by Crippen LogP contribution is -2.54. The number of carbonyl (C=O) groups excluding carboxylic acids is 1. The van der Waals surface area contributed by atoms with Crippen LogP contribution in [0.1, 0.15) is 32.6 Å². The topological polar surface area (TPSA) is 70.2 Å². The summed E-state index contributed by atoms with van der Waals surface area (Å²) in [5.41, 5.74) is 0. The average molecular weight is 289 g/mol. The van der Waals surface area contributed by atoms with Gasteiger partial charge in [0, 0.05) is 32.1 Å². The van der Waals surface area contributed by atoms with Gasteiger partial charge < -0.3 is 15.5 Å². The van der Waals surface area contributed by atoms with E-state index in [0.717, 1.165) is 50.5 Å². The maximum Gasteiger partial charge on any atom is 0.220 e. The maximum absolute atomic E-state index is 11.5. The summed E-state index contributed by atoms with van der Waals surface area (Å²) in [6, 6.07) is 0.344. The number of hydrogen-bond acceptors (Lipinski definition) is 5. The summed E-state index contributed by atoms with van der Waals surface area (Å²) in [6.45, 7) is 4.92. The number of anilines is 2. The largest absolute Gasteiger partial charge is 0.369 e. The second-order valence-electron chi connectivity index (χ2n) is 5.90. The summed E-state index contributed by atoms with van der Waals surface area (Å²) in [6.07, 6.45) is 7.29. The summed E-state index contributed by atoms with van der Waals surface area (Å²) < 4.78 is 0. The fourth-order valence-electron chi connectivity index (χ4n) is 3.16. The molecule has 2 aliphatic heterocycles. The van der Waals surface area contributed by atoms with Crippen LogP contribution >= 0.6 is 0 Å². The summed E-state index contributed by atoms with van der Waals surface area (Å²) in [5.74, 6) is 2.51. The van der Waals surface area contributed by atoms with Crippen LogP contribution in [0.3, 0.4) is 0 Å². The molecule has 0 aliphatic carbocycles. The lowest BCUT2D eigenvalue weighted by molar-refractivity contribution is -0.124. The Labute approximate surface area is 125 Å². The zero-order chi connectivity index (χ0) is 14.7. The van der Waals surface area contributed by atoms with E-state index in [0.29, 0.717) is 18.4 Å². The Bertz CT molecular complexity index is 507. The molecule has 21 heavy (non-hydrogen) atoms. The second kappa shape index (κ2) is 6.28. The van der Waals surface area contributed by atoms with Crippen LogP contribution in [0.25, 0.3) is 0 Å². The Kier molecular flexibility index (Phi) is 4.22. The van der Waals surface area contributed by atoms with Gasteiger partial charge >= 0.3 is 0 Å². The van der Waals surface area contributed by atoms with Gasteiger partial charge in [0.1, 0.15) is 11.6 Å².